The van der Waals surface area contributed by atoms with E-state index in [1.54, 1.807) is 0 Å². The van der Waals surface area contributed by atoms with Crippen LogP contribution in [0.4, 0.5) is 17.1 Å². The summed E-state index contributed by atoms with van der Waals surface area (Å²) in [5.74, 6) is 1.74. The van der Waals surface area contributed by atoms with Crippen molar-refractivity contribution in [1.29, 1.82) is 0 Å². The van der Waals surface area contributed by atoms with Crippen molar-refractivity contribution in [3.63, 3.8) is 0 Å². The molecule has 0 spiro atoms. The van der Waals surface area contributed by atoms with Crippen LogP contribution in [0.5, 0.6) is 11.5 Å². The highest BCUT2D eigenvalue weighted by Crippen LogP contribution is 2.47. The Hall–Kier alpha value is -4.24. The van der Waals surface area contributed by atoms with Crippen LogP contribution >= 0.6 is 0 Å². The molecule has 2 aliphatic rings. The third-order valence-corrected chi connectivity index (χ3v) is 10.6. The van der Waals surface area contributed by atoms with E-state index in [9.17, 15) is 0 Å². The minimum atomic E-state index is -0.253. The molecule has 5 aromatic carbocycles. The summed E-state index contributed by atoms with van der Waals surface area (Å²) in [7, 11) is 0. The fourth-order valence-corrected chi connectivity index (χ4v) is 8.00. The average Bonchev–Trinajstić information content (AvgIpc) is 3.01. The molecule has 3 heteroatoms. The highest BCUT2D eigenvalue weighted by Gasteiger charge is 2.48. The van der Waals surface area contributed by atoms with E-state index in [-0.39, 0.29) is 28.4 Å². The van der Waals surface area contributed by atoms with Crippen LogP contribution in [0.3, 0.4) is 0 Å². The molecule has 0 aromatic heterocycles. The minimum absolute atomic E-state index is 0.0226. The molecule has 48 heavy (non-hydrogen) atoms. The van der Waals surface area contributed by atoms with Gasteiger partial charge in [-0.3, -0.25) is 0 Å². The molecule has 0 fully saturated rings. The highest BCUT2D eigenvalue weighted by atomic mass is 16.5. The molecule has 0 amide bonds. The van der Waals surface area contributed by atoms with E-state index in [1.165, 1.54) is 61.3 Å². The van der Waals surface area contributed by atoms with Gasteiger partial charge in [0.05, 0.1) is 0 Å². The SMILES string of the molecule is CC(C)(C)c1ccc(N2c3ccc(C(C)(C)C)cc3B3c4ccc(Oc5ccccc5)cc4C(C)(C)c4c(C(C)(C)C)ccc2c43)cc1. The molecule has 0 atom stereocenters. The minimum Gasteiger partial charge on any atom is -0.457 e. The first-order valence-electron chi connectivity index (χ1n) is 17.6. The lowest BCUT2D eigenvalue weighted by molar-refractivity contribution is 0.479. The molecule has 244 valence electrons. The van der Waals surface area contributed by atoms with Crippen molar-refractivity contribution in [2.75, 3.05) is 4.90 Å². The van der Waals surface area contributed by atoms with E-state index in [0.29, 0.717) is 0 Å². The summed E-state index contributed by atoms with van der Waals surface area (Å²) in [4.78, 5) is 2.53. The van der Waals surface area contributed by atoms with Crippen molar-refractivity contribution >= 4 is 40.2 Å². The summed E-state index contributed by atoms with van der Waals surface area (Å²) in [6.45, 7) is 25.8. The molecule has 0 bridgehead atoms. The van der Waals surface area contributed by atoms with Gasteiger partial charge in [-0.15, -0.1) is 0 Å². The van der Waals surface area contributed by atoms with E-state index >= 15 is 0 Å². The number of nitrogens with zero attached hydrogens (tertiary/aromatic N) is 1. The van der Waals surface area contributed by atoms with Gasteiger partial charge in [-0.05, 0) is 104 Å². The van der Waals surface area contributed by atoms with Gasteiger partial charge in [-0.1, -0.05) is 136 Å². The molecule has 0 saturated carbocycles. The number of ether oxygens (including phenoxy) is 1. The van der Waals surface area contributed by atoms with Gasteiger partial charge in [-0.2, -0.15) is 0 Å². The summed E-state index contributed by atoms with van der Waals surface area (Å²) in [6.07, 6.45) is 0. The largest absolute Gasteiger partial charge is 0.457 e. The lowest BCUT2D eigenvalue weighted by Crippen LogP contribution is -2.64. The first-order chi connectivity index (χ1) is 22.5. The van der Waals surface area contributed by atoms with Crippen LogP contribution < -0.4 is 26.0 Å². The van der Waals surface area contributed by atoms with Crippen LogP contribution in [0.25, 0.3) is 0 Å². The Labute approximate surface area is 289 Å². The molecule has 0 aliphatic carbocycles. The van der Waals surface area contributed by atoms with E-state index in [2.05, 4.69) is 154 Å². The summed E-state index contributed by atoms with van der Waals surface area (Å²) < 4.78 is 6.46. The molecule has 5 aromatic rings. The Kier molecular flexibility index (Phi) is 7.33. The number of benzene rings is 5. The predicted molar refractivity (Wildman–Crippen MR) is 207 cm³/mol. The van der Waals surface area contributed by atoms with Crippen molar-refractivity contribution in [2.24, 2.45) is 0 Å². The second-order valence-electron chi connectivity index (χ2n) is 17.5. The van der Waals surface area contributed by atoms with Crippen molar-refractivity contribution in [3.05, 3.63) is 131 Å². The number of anilines is 3. The van der Waals surface area contributed by atoms with Gasteiger partial charge in [0.15, 0.2) is 0 Å². The standard InChI is InChI=1S/C45H50BNO/c1-42(2,3)29-17-20-31(21-18-29)47-38-25-19-30(43(4,5)6)27-37(38)46-36-24-22-33(48-32-15-13-12-14-16-32)28-35(36)45(10,11)40-34(44(7,8)9)23-26-39(47)41(40)46/h12-28H,1-11H3. The molecular weight excluding hydrogens is 581 g/mol. The fraction of sp³-hybridized carbons (Fsp3) is 0.333. The summed E-state index contributed by atoms with van der Waals surface area (Å²) >= 11 is 0. The Morgan fingerprint density at radius 1 is 0.562 bits per heavy atom. The molecule has 0 N–H and O–H groups in total. The summed E-state index contributed by atoms with van der Waals surface area (Å²) in [6, 6.07) is 38.3. The number of fused-ring (bicyclic) bond motifs is 4. The topological polar surface area (TPSA) is 12.5 Å². The van der Waals surface area contributed by atoms with E-state index in [0.717, 1.165) is 11.5 Å². The quantitative estimate of drug-likeness (QED) is 0.180. The van der Waals surface area contributed by atoms with Gasteiger partial charge in [0, 0.05) is 22.5 Å². The maximum Gasteiger partial charge on any atom is 0.247 e. The average molecular weight is 632 g/mol. The Morgan fingerprint density at radius 2 is 1.19 bits per heavy atom. The first-order valence-corrected chi connectivity index (χ1v) is 17.6. The number of hydrogen-bond donors (Lipinski definition) is 0. The molecule has 2 aliphatic heterocycles. The zero-order valence-corrected chi connectivity index (χ0v) is 30.7. The maximum atomic E-state index is 6.46. The normalized spacial score (nSPS) is 15.1. The lowest BCUT2D eigenvalue weighted by atomic mass is 9.29. The van der Waals surface area contributed by atoms with Crippen LogP contribution in [-0.4, -0.2) is 6.71 Å². The monoisotopic (exact) mass is 631 g/mol. The van der Waals surface area contributed by atoms with Gasteiger partial charge >= 0.3 is 0 Å². The van der Waals surface area contributed by atoms with E-state index in [1.807, 2.05) is 30.3 Å². The van der Waals surface area contributed by atoms with Crippen molar-refractivity contribution in [1.82, 2.24) is 0 Å². The van der Waals surface area contributed by atoms with Crippen molar-refractivity contribution < 1.29 is 4.74 Å². The molecule has 0 radical (unpaired) electrons. The van der Waals surface area contributed by atoms with Gasteiger partial charge in [-0.25, -0.2) is 0 Å². The Bertz CT molecular complexity index is 2020. The highest BCUT2D eigenvalue weighted by molar-refractivity contribution is 6.99. The smallest absolute Gasteiger partial charge is 0.247 e. The second-order valence-corrected chi connectivity index (χ2v) is 17.5. The number of hydrogen-bond acceptors (Lipinski definition) is 2. The molecule has 0 unspecified atom stereocenters. The summed E-state index contributed by atoms with van der Waals surface area (Å²) in [5, 5.41) is 0. The van der Waals surface area contributed by atoms with E-state index in [4.69, 9.17) is 4.74 Å². The lowest BCUT2D eigenvalue weighted by Gasteiger charge is -2.48. The number of rotatable bonds is 3. The van der Waals surface area contributed by atoms with Crippen LogP contribution in [-0.2, 0) is 21.7 Å². The fourth-order valence-electron chi connectivity index (χ4n) is 8.00. The van der Waals surface area contributed by atoms with Crippen LogP contribution in [0.1, 0.15) is 104 Å². The van der Waals surface area contributed by atoms with Gasteiger partial charge in [0.2, 0.25) is 6.71 Å². The molecule has 2 heterocycles. The molecule has 0 saturated heterocycles. The van der Waals surface area contributed by atoms with Gasteiger partial charge in [0.25, 0.3) is 0 Å². The van der Waals surface area contributed by atoms with E-state index < -0.39 is 0 Å². The summed E-state index contributed by atoms with van der Waals surface area (Å²) in [5.41, 5.74) is 14.7. The van der Waals surface area contributed by atoms with Gasteiger partial charge < -0.3 is 9.64 Å². The van der Waals surface area contributed by atoms with Crippen LogP contribution in [0.2, 0.25) is 0 Å². The molecule has 2 nitrogen and oxygen atoms in total. The van der Waals surface area contributed by atoms with Gasteiger partial charge in [0.1, 0.15) is 11.5 Å². The zero-order chi connectivity index (χ0) is 34.4. The third kappa shape index (κ3) is 5.27. The van der Waals surface area contributed by atoms with Crippen molar-refractivity contribution in [2.45, 2.75) is 97.8 Å². The predicted octanol–water partition coefficient (Wildman–Crippen LogP) is 10.3. The Morgan fingerprint density at radius 3 is 1.81 bits per heavy atom. The maximum absolute atomic E-state index is 6.46. The van der Waals surface area contributed by atoms with Crippen LogP contribution in [0.15, 0.2) is 103 Å². The molecule has 7 rings (SSSR count). The van der Waals surface area contributed by atoms with Crippen LogP contribution in [0, 0.1) is 0 Å². The second kappa shape index (κ2) is 10.9. The zero-order valence-electron chi connectivity index (χ0n) is 30.7. The molecular formula is C45H50BNO. The Balaban J connectivity index is 1.53. The first kappa shape index (κ1) is 32.3. The van der Waals surface area contributed by atoms with Crippen molar-refractivity contribution in [3.8, 4) is 11.5 Å². The third-order valence-electron chi connectivity index (χ3n) is 10.6. The number of para-hydroxylation sites is 1.